The lowest BCUT2D eigenvalue weighted by molar-refractivity contribution is -0.134. The second-order valence-electron chi connectivity index (χ2n) is 7.81. The van der Waals surface area contributed by atoms with Crippen molar-refractivity contribution in [3.63, 3.8) is 0 Å². The quantitative estimate of drug-likeness (QED) is 0.741. The Kier molecular flexibility index (Phi) is 5.97. The van der Waals surface area contributed by atoms with Gasteiger partial charge in [-0.25, -0.2) is 0 Å². The summed E-state index contributed by atoms with van der Waals surface area (Å²) in [6.07, 6.45) is 4.36. The normalized spacial score (nSPS) is 22.6. The van der Waals surface area contributed by atoms with E-state index in [1.54, 1.807) is 0 Å². The van der Waals surface area contributed by atoms with Crippen LogP contribution in [0.3, 0.4) is 0 Å². The minimum absolute atomic E-state index is 0.00512. The highest BCUT2D eigenvalue weighted by molar-refractivity contribution is 6.00. The third-order valence-corrected chi connectivity index (χ3v) is 4.19. The van der Waals surface area contributed by atoms with Crippen molar-refractivity contribution in [1.29, 1.82) is 0 Å². The summed E-state index contributed by atoms with van der Waals surface area (Å²) in [5, 5.41) is 6.72. The molecule has 0 aliphatic carbocycles. The first kappa shape index (κ1) is 18.1. The molecule has 122 valence electrons. The fraction of sp³-hybridized carbons (Fsp3) is 0.882. The van der Waals surface area contributed by atoms with Gasteiger partial charge < -0.3 is 10.6 Å². The van der Waals surface area contributed by atoms with Gasteiger partial charge in [-0.3, -0.25) is 9.59 Å². The molecule has 1 fully saturated rings. The van der Waals surface area contributed by atoms with Gasteiger partial charge in [0.2, 0.25) is 5.91 Å². The SMILES string of the molecule is CCCCC(C(C)=O)C(=O)NC1CC(C)(C)NC(C)(C)C1. The Morgan fingerprint density at radius 3 is 2.14 bits per heavy atom. The summed E-state index contributed by atoms with van der Waals surface area (Å²) >= 11 is 0. The van der Waals surface area contributed by atoms with Crippen molar-refractivity contribution in [3.8, 4) is 0 Å². The molecule has 1 rings (SSSR count). The highest BCUT2D eigenvalue weighted by Gasteiger charge is 2.39. The first-order chi connectivity index (χ1) is 9.56. The molecule has 0 aromatic carbocycles. The van der Waals surface area contributed by atoms with E-state index in [1.807, 2.05) is 0 Å². The summed E-state index contributed by atoms with van der Waals surface area (Å²) in [6.45, 7) is 12.2. The van der Waals surface area contributed by atoms with Crippen molar-refractivity contribution in [2.24, 2.45) is 5.92 Å². The average Bonchev–Trinajstić information content (AvgIpc) is 2.24. The zero-order valence-corrected chi connectivity index (χ0v) is 14.5. The van der Waals surface area contributed by atoms with Crippen LogP contribution in [0.4, 0.5) is 0 Å². The minimum atomic E-state index is -0.480. The molecule has 4 heteroatoms. The van der Waals surface area contributed by atoms with Gasteiger partial charge in [-0.15, -0.1) is 0 Å². The van der Waals surface area contributed by atoms with E-state index < -0.39 is 5.92 Å². The van der Waals surface area contributed by atoms with Crippen molar-refractivity contribution in [1.82, 2.24) is 10.6 Å². The maximum Gasteiger partial charge on any atom is 0.230 e. The Balaban J connectivity index is 2.69. The van der Waals surface area contributed by atoms with Gasteiger partial charge in [0, 0.05) is 17.1 Å². The largest absolute Gasteiger partial charge is 0.353 e. The first-order valence-electron chi connectivity index (χ1n) is 8.16. The molecule has 0 aromatic heterocycles. The number of hydrogen-bond acceptors (Lipinski definition) is 3. The summed E-state index contributed by atoms with van der Waals surface area (Å²) in [5.41, 5.74) is -0.0102. The number of carbonyl (C=O) groups is 2. The van der Waals surface area contributed by atoms with Crippen LogP contribution in [0, 0.1) is 5.92 Å². The van der Waals surface area contributed by atoms with E-state index >= 15 is 0 Å². The maximum absolute atomic E-state index is 12.4. The standard InChI is InChI=1S/C17H32N2O2/c1-7-8-9-14(12(2)20)15(21)18-13-10-16(3,4)19-17(5,6)11-13/h13-14,19H,7-11H2,1-6H3,(H,18,21). The molecular formula is C17H32N2O2. The molecule has 0 saturated carbocycles. The molecule has 2 N–H and O–H groups in total. The van der Waals surface area contributed by atoms with Crippen LogP contribution in [0.5, 0.6) is 0 Å². The van der Waals surface area contributed by atoms with E-state index in [1.165, 1.54) is 6.92 Å². The van der Waals surface area contributed by atoms with E-state index in [9.17, 15) is 9.59 Å². The number of rotatable bonds is 6. The van der Waals surface area contributed by atoms with Gasteiger partial charge in [-0.2, -0.15) is 0 Å². The summed E-state index contributed by atoms with van der Waals surface area (Å²) in [7, 11) is 0. The van der Waals surface area contributed by atoms with E-state index in [0.717, 1.165) is 25.7 Å². The molecule has 0 bridgehead atoms. The van der Waals surface area contributed by atoms with Crippen molar-refractivity contribution >= 4 is 11.7 Å². The highest BCUT2D eigenvalue weighted by atomic mass is 16.2. The van der Waals surface area contributed by atoms with E-state index in [-0.39, 0.29) is 28.8 Å². The molecule has 4 nitrogen and oxygen atoms in total. The lowest BCUT2D eigenvalue weighted by Gasteiger charge is -2.46. The number of unbranched alkanes of at least 4 members (excludes halogenated alkanes) is 1. The monoisotopic (exact) mass is 296 g/mol. The lowest BCUT2D eigenvalue weighted by atomic mass is 9.79. The fourth-order valence-corrected chi connectivity index (χ4v) is 3.65. The van der Waals surface area contributed by atoms with E-state index in [4.69, 9.17) is 0 Å². The van der Waals surface area contributed by atoms with Gasteiger partial charge in [0.25, 0.3) is 0 Å². The molecule has 1 amide bonds. The van der Waals surface area contributed by atoms with Crippen LogP contribution in [0.1, 0.15) is 73.6 Å². The third kappa shape index (κ3) is 5.77. The smallest absolute Gasteiger partial charge is 0.230 e. The molecule has 1 aliphatic rings. The van der Waals surface area contributed by atoms with Crippen molar-refractivity contribution < 1.29 is 9.59 Å². The Hall–Kier alpha value is -0.900. The highest BCUT2D eigenvalue weighted by Crippen LogP contribution is 2.28. The molecule has 1 aliphatic heterocycles. The Morgan fingerprint density at radius 2 is 1.71 bits per heavy atom. The van der Waals surface area contributed by atoms with E-state index in [0.29, 0.717) is 6.42 Å². The molecule has 0 spiro atoms. The second kappa shape index (κ2) is 6.91. The Bertz CT molecular complexity index is 372. The number of nitrogens with one attached hydrogen (secondary N) is 2. The molecule has 0 aromatic rings. The molecule has 1 atom stereocenters. The topological polar surface area (TPSA) is 58.2 Å². The number of carbonyl (C=O) groups excluding carboxylic acids is 2. The van der Waals surface area contributed by atoms with Crippen LogP contribution < -0.4 is 10.6 Å². The van der Waals surface area contributed by atoms with Gasteiger partial charge in [0.05, 0.1) is 5.92 Å². The van der Waals surface area contributed by atoms with Crippen molar-refractivity contribution in [3.05, 3.63) is 0 Å². The van der Waals surface area contributed by atoms with Crippen LogP contribution in [-0.2, 0) is 9.59 Å². The fourth-order valence-electron chi connectivity index (χ4n) is 3.65. The molecule has 1 saturated heterocycles. The van der Waals surface area contributed by atoms with Crippen LogP contribution in [0.25, 0.3) is 0 Å². The molecule has 0 radical (unpaired) electrons. The van der Waals surface area contributed by atoms with Gasteiger partial charge in [-0.05, 0) is 53.9 Å². The number of hydrogen-bond donors (Lipinski definition) is 2. The van der Waals surface area contributed by atoms with E-state index in [2.05, 4.69) is 45.3 Å². The van der Waals surface area contributed by atoms with Crippen LogP contribution in [0.2, 0.25) is 0 Å². The van der Waals surface area contributed by atoms with Gasteiger partial charge in [0.15, 0.2) is 0 Å². The van der Waals surface area contributed by atoms with Crippen LogP contribution in [0.15, 0.2) is 0 Å². The predicted octanol–water partition coefficient (Wildman–Crippen LogP) is 2.81. The minimum Gasteiger partial charge on any atom is -0.353 e. The number of amides is 1. The summed E-state index contributed by atoms with van der Waals surface area (Å²) in [4.78, 5) is 24.1. The summed E-state index contributed by atoms with van der Waals surface area (Å²) in [6, 6.07) is 0.132. The predicted molar refractivity (Wildman–Crippen MR) is 86.2 cm³/mol. The first-order valence-corrected chi connectivity index (χ1v) is 8.16. The van der Waals surface area contributed by atoms with Crippen molar-refractivity contribution in [2.45, 2.75) is 90.8 Å². The van der Waals surface area contributed by atoms with Gasteiger partial charge >= 0.3 is 0 Å². The average molecular weight is 296 g/mol. The Labute approximate surface area is 129 Å². The zero-order chi connectivity index (χ0) is 16.3. The summed E-state index contributed by atoms with van der Waals surface area (Å²) in [5.74, 6) is -0.589. The molecular weight excluding hydrogens is 264 g/mol. The van der Waals surface area contributed by atoms with Crippen LogP contribution >= 0.6 is 0 Å². The van der Waals surface area contributed by atoms with Crippen LogP contribution in [-0.4, -0.2) is 28.8 Å². The summed E-state index contributed by atoms with van der Waals surface area (Å²) < 4.78 is 0. The maximum atomic E-state index is 12.4. The number of ketones is 1. The van der Waals surface area contributed by atoms with Crippen molar-refractivity contribution in [2.75, 3.05) is 0 Å². The Morgan fingerprint density at radius 1 is 1.19 bits per heavy atom. The molecule has 21 heavy (non-hydrogen) atoms. The van der Waals surface area contributed by atoms with Gasteiger partial charge in [-0.1, -0.05) is 19.8 Å². The second-order valence-corrected chi connectivity index (χ2v) is 7.81. The lowest BCUT2D eigenvalue weighted by Crippen LogP contribution is -2.62. The third-order valence-electron chi connectivity index (χ3n) is 4.19. The molecule has 1 heterocycles. The number of piperidine rings is 1. The zero-order valence-electron chi connectivity index (χ0n) is 14.5. The van der Waals surface area contributed by atoms with Gasteiger partial charge in [0.1, 0.15) is 5.78 Å². The number of Topliss-reactive ketones (excluding diaryl/α,β-unsaturated/α-hetero) is 1. The molecule has 1 unspecified atom stereocenters.